The molecule has 1 aliphatic rings. The number of aromatic nitrogens is 2. The summed E-state index contributed by atoms with van der Waals surface area (Å²) >= 11 is 0. The third-order valence-corrected chi connectivity index (χ3v) is 1.57. The Morgan fingerprint density at radius 2 is 2.50 bits per heavy atom. The molecule has 0 spiro atoms. The van der Waals surface area contributed by atoms with Crippen LogP contribution in [0, 0.1) is 6.92 Å². The number of nitrogens with zero attached hydrogens (tertiary/aromatic N) is 1. The molecule has 1 aliphatic heterocycles. The maximum Gasteiger partial charge on any atom is 0.342 e. The van der Waals surface area contributed by atoms with Crippen LogP contribution in [0.25, 0.3) is 0 Å². The maximum atomic E-state index is 10.9. The highest BCUT2D eigenvalue weighted by molar-refractivity contribution is 5.93. The van der Waals surface area contributed by atoms with Crippen LogP contribution in [0.4, 0.5) is 0 Å². The first-order valence-electron chi connectivity index (χ1n) is 3.00. The molecule has 0 bridgehead atoms. The zero-order chi connectivity index (χ0) is 7.14. The van der Waals surface area contributed by atoms with Crippen molar-refractivity contribution in [2.24, 2.45) is 0 Å². The van der Waals surface area contributed by atoms with Gasteiger partial charge in [0.2, 0.25) is 0 Å². The summed E-state index contributed by atoms with van der Waals surface area (Å²) in [5.74, 6) is -0.263. The fraction of sp³-hybridized carbons (Fsp3) is 0.333. The summed E-state index contributed by atoms with van der Waals surface area (Å²) in [5.41, 5.74) is 2.13. The summed E-state index contributed by atoms with van der Waals surface area (Å²) in [6.07, 6.45) is 0. The van der Waals surface area contributed by atoms with E-state index in [0.29, 0.717) is 12.2 Å². The van der Waals surface area contributed by atoms with Gasteiger partial charge in [-0.15, -0.1) is 0 Å². The third kappa shape index (κ3) is 0.504. The second-order valence-electron chi connectivity index (χ2n) is 2.25. The summed E-state index contributed by atoms with van der Waals surface area (Å²) in [6, 6.07) is 0. The number of carbonyl (C=O) groups excluding carboxylic acids is 1. The molecule has 0 fully saturated rings. The van der Waals surface area contributed by atoms with Gasteiger partial charge in [0.15, 0.2) is 0 Å². The number of esters is 1. The van der Waals surface area contributed by atoms with Crippen LogP contribution in [0.1, 0.15) is 21.7 Å². The van der Waals surface area contributed by atoms with Crippen molar-refractivity contribution in [1.82, 2.24) is 10.2 Å². The van der Waals surface area contributed by atoms with Crippen molar-refractivity contribution in [3.63, 3.8) is 0 Å². The molecular weight excluding hydrogens is 132 g/mol. The maximum absolute atomic E-state index is 10.9. The van der Waals surface area contributed by atoms with Gasteiger partial charge in [0, 0.05) is 5.69 Å². The predicted octanol–water partition coefficient (Wildman–Crippen LogP) is 0.389. The molecule has 4 nitrogen and oxygen atoms in total. The van der Waals surface area contributed by atoms with Gasteiger partial charge in [0.1, 0.15) is 17.9 Å². The Balaban J connectivity index is 2.65. The summed E-state index contributed by atoms with van der Waals surface area (Å²) < 4.78 is 4.72. The van der Waals surface area contributed by atoms with E-state index in [1.165, 1.54) is 0 Å². The van der Waals surface area contributed by atoms with Gasteiger partial charge < -0.3 is 4.74 Å². The molecule has 2 rings (SSSR count). The molecule has 4 heteroatoms. The highest BCUT2D eigenvalue weighted by Gasteiger charge is 2.25. The van der Waals surface area contributed by atoms with E-state index in [1.807, 2.05) is 0 Å². The first-order chi connectivity index (χ1) is 4.79. The summed E-state index contributed by atoms with van der Waals surface area (Å²) in [4.78, 5) is 10.9. The van der Waals surface area contributed by atoms with Gasteiger partial charge in [0.25, 0.3) is 0 Å². The van der Waals surface area contributed by atoms with Crippen LogP contribution in [-0.2, 0) is 11.3 Å². The Hall–Kier alpha value is -1.32. The second kappa shape index (κ2) is 1.59. The number of aryl methyl sites for hydroxylation is 1. The minimum atomic E-state index is -0.263. The fourth-order valence-corrected chi connectivity index (χ4v) is 1.06. The quantitative estimate of drug-likeness (QED) is 0.527. The minimum Gasteiger partial charge on any atom is -0.455 e. The molecule has 1 N–H and O–H groups in total. The smallest absolute Gasteiger partial charge is 0.342 e. The molecule has 2 heterocycles. The van der Waals surface area contributed by atoms with Crippen LogP contribution >= 0.6 is 0 Å². The SMILES string of the molecule is Cc1[nH]nc2c1C(=O)OC2. The molecule has 10 heavy (non-hydrogen) atoms. The minimum absolute atomic E-state index is 0.263. The lowest BCUT2D eigenvalue weighted by molar-refractivity contribution is 0.0530. The number of hydrogen-bond acceptors (Lipinski definition) is 3. The summed E-state index contributed by atoms with van der Waals surface area (Å²) in [6.45, 7) is 2.12. The van der Waals surface area contributed by atoms with Gasteiger partial charge in [-0.2, -0.15) is 5.10 Å². The largest absolute Gasteiger partial charge is 0.455 e. The first-order valence-corrected chi connectivity index (χ1v) is 3.00. The Kier molecular flexibility index (Phi) is 0.869. The number of aromatic amines is 1. The Morgan fingerprint density at radius 3 is 3.20 bits per heavy atom. The van der Waals surface area contributed by atoms with Crippen LogP contribution in [0.2, 0.25) is 0 Å². The number of carbonyl (C=O) groups is 1. The van der Waals surface area contributed by atoms with Gasteiger partial charge in [-0.1, -0.05) is 0 Å². The van der Waals surface area contributed by atoms with Crippen molar-refractivity contribution in [3.05, 3.63) is 17.0 Å². The zero-order valence-corrected chi connectivity index (χ0v) is 5.47. The Labute approximate surface area is 57.2 Å². The van der Waals surface area contributed by atoms with Crippen molar-refractivity contribution in [2.45, 2.75) is 13.5 Å². The van der Waals surface area contributed by atoms with E-state index < -0.39 is 0 Å². The summed E-state index contributed by atoms with van der Waals surface area (Å²) in [7, 11) is 0. The summed E-state index contributed by atoms with van der Waals surface area (Å²) in [5, 5.41) is 6.59. The average Bonchev–Trinajstić information content (AvgIpc) is 2.40. The molecule has 0 saturated heterocycles. The molecule has 1 aromatic heterocycles. The standard InChI is InChI=1S/C6H6N2O2/c1-3-5-4(8-7-3)2-10-6(5)9/h2H2,1H3,(H,7,8). The topological polar surface area (TPSA) is 55.0 Å². The van der Waals surface area contributed by atoms with E-state index in [1.54, 1.807) is 6.92 Å². The number of rotatable bonds is 0. The van der Waals surface area contributed by atoms with Crippen LogP contribution in [0.15, 0.2) is 0 Å². The lowest BCUT2D eigenvalue weighted by atomic mass is 10.2. The predicted molar refractivity (Wildman–Crippen MR) is 32.4 cm³/mol. The van der Waals surface area contributed by atoms with E-state index in [-0.39, 0.29) is 5.97 Å². The number of H-pyrrole nitrogens is 1. The van der Waals surface area contributed by atoms with Gasteiger partial charge >= 0.3 is 5.97 Å². The van der Waals surface area contributed by atoms with Gasteiger partial charge in [0.05, 0.1) is 0 Å². The molecule has 0 amide bonds. The van der Waals surface area contributed by atoms with Crippen molar-refractivity contribution in [1.29, 1.82) is 0 Å². The monoisotopic (exact) mass is 138 g/mol. The average molecular weight is 138 g/mol. The number of ether oxygens (including phenoxy) is 1. The molecule has 0 radical (unpaired) electrons. The lowest BCUT2D eigenvalue weighted by Crippen LogP contribution is -1.95. The molecule has 0 aromatic carbocycles. The normalized spacial score (nSPS) is 15.1. The third-order valence-electron chi connectivity index (χ3n) is 1.57. The second-order valence-corrected chi connectivity index (χ2v) is 2.25. The Bertz CT molecular complexity index is 290. The van der Waals surface area contributed by atoms with E-state index in [2.05, 4.69) is 10.2 Å². The van der Waals surface area contributed by atoms with E-state index in [9.17, 15) is 4.79 Å². The fourth-order valence-electron chi connectivity index (χ4n) is 1.06. The molecule has 0 saturated carbocycles. The van der Waals surface area contributed by atoms with Gasteiger partial charge in [-0.3, -0.25) is 5.10 Å². The van der Waals surface area contributed by atoms with Gasteiger partial charge in [-0.25, -0.2) is 4.79 Å². The zero-order valence-electron chi connectivity index (χ0n) is 5.47. The lowest BCUT2D eigenvalue weighted by Gasteiger charge is -1.88. The van der Waals surface area contributed by atoms with Crippen LogP contribution < -0.4 is 0 Å². The molecular formula is C6H6N2O2. The van der Waals surface area contributed by atoms with E-state index in [0.717, 1.165) is 11.4 Å². The number of fused-ring (bicyclic) bond motifs is 1. The first kappa shape index (κ1) is 5.46. The number of hydrogen-bond donors (Lipinski definition) is 1. The number of nitrogens with one attached hydrogen (secondary N) is 1. The Morgan fingerprint density at radius 1 is 1.70 bits per heavy atom. The van der Waals surface area contributed by atoms with Crippen LogP contribution in [0.5, 0.6) is 0 Å². The van der Waals surface area contributed by atoms with Crippen molar-refractivity contribution in [2.75, 3.05) is 0 Å². The van der Waals surface area contributed by atoms with Crippen molar-refractivity contribution in [3.8, 4) is 0 Å². The molecule has 0 aliphatic carbocycles. The molecule has 0 unspecified atom stereocenters. The molecule has 1 aromatic rings. The molecule has 0 atom stereocenters. The van der Waals surface area contributed by atoms with E-state index in [4.69, 9.17) is 4.74 Å². The van der Waals surface area contributed by atoms with Crippen molar-refractivity contribution >= 4 is 5.97 Å². The van der Waals surface area contributed by atoms with Gasteiger partial charge in [-0.05, 0) is 6.92 Å². The van der Waals surface area contributed by atoms with Crippen LogP contribution in [0.3, 0.4) is 0 Å². The van der Waals surface area contributed by atoms with Crippen LogP contribution in [-0.4, -0.2) is 16.2 Å². The van der Waals surface area contributed by atoms with Crippen molar-refractivity contribution < 1.29 is 9.53 Å². The highest BCUT2D eigenvalue weighted by atomic mass is 16.5. The highest BCUT2D eigenvalue weighted by Crippen LogP contribution is 2.19. The van der Waals surface area contributed by atoms with E-state index >= 15 is 0 Å². The molecule has 52 valence electrons. The number of cyclic esters (lactones) is 1.